The number of fused-ring (bicyclic) bond motifs is 1. The van der Waals surface area contributed by atoms with Gasteiger partial charge in [-0.05, 0) is 36.4 Å². The van der Waals surface area contributed by atoms with Gasteiger partial charge in [0, 0.05) is 23.9 Å². The second-order valence-electron chi connectivity index (χ2n) is 6.77. The molecule has 0 amide bonds. The summed E-state index contributed by atoms with van der Waals surface area (Å²) in [5.41, 5.74) is 1.35. The molecule has 2 atom stereocenters. The summed E-state index contributed by atoms with van der Waals surface area (Å²) in [6, 6.07) is 16.2. The van der Waals surface area contributed by atoms with E-state index in [4.69, 9.17) is 23.7 Å². The number of pyridine rings is 1. The number of hydrogen-bond acceptors (Lipinski definition) is 7. The van der Waals surface area contributed by atoms with Crippen molar-refractivity contribution in [2.45, 2.75) is 18.8 Å². The minimum atomic E-state index is -0.863. The number of aliphatic hydroxyl groups excluding tert-OH is 1. The number of aromatic nitrogens is 1. The lowest BCUT2D eigenvalue weighted by atomic mass is 10.0. The molecule has 7 heteroatoms. The van der Waals surface area contributed by atoms with Crippen molar-refractivity contribution in [3.63, 3.8) is 0 Å². The number of nitrogens with zero attached hydrogens (tertiary/aromatic N) is 1. The Labute approximate surface area is 174 Å². The van der Waals surface area contributed by atoms with Crippen molar-refractivity contribution in [3.8, 4) is 28.7 Å². The van der Waals surface area contributed by atoms with Crippen molar-refractivity contribution in [2.24, 2.45) is 0 Å². The third-order valence-corrected chi connectivity index (χ3v) is 4.79. The second-order valence-corrected chi connectivity index (χ2v) is 6.77. The Morgan fingerprint density at radius 1 is 0.967 bits per heavy atom. The molecule has 2 aromatic carbocycles. The molecular formula is C23H23NO6. The van der Waals surface area contributed by atoms with Crippen LogP contribution in [0.1, 0.15) is 17.4 Å². The normalized spacial score (nSPS) is 17.4. The van der Waals surface area contributed by atoms with Gasteiger partial charge in [0.25, 0.3) is 0 Å². The van der Waals surface area contributed by atoms with Crippen LogP contribution >= 0.6 is 0 Å². The van der Waals surface area contributed by atoms with E-state index in [-0.39, 0.29) is 13.2 Å². The van der Waals surface area contributed by atoms with Gasteiger partial charge in [0.1, 0.15) is 48.1 Å². The van der Waals surface area contributed by atoms with Crippen LogP contribution in [0.4, 0.5) is 0 Å². The summed E-state index contributed by atoms with van der Waals surface area (Å²) in [6.45, 7) is 0.510. The van der Waals surface area contributed by atoms with Gasteiger partial charge in [-0.3, -0.25) is 4.98 Å². The largest absolute Gasteiger partial charge is 0.497 e. The number of aliphatic hydroxyl groups is 1. The van der Waals surface area contributed by atoms with Gasteiger partial charge in [0.2, 0.25) is 0 Å². The van der Waals surface area contributed by atoms with Crippen LogP contribution < -0.4 is 23.7 Å². The van der Waals surface area contributed by atoms with E-state index in [2.05, 4.69) is 4.98 Å². The zero-order chi connectivity index (χ0) is 20.9. The summed E-state index contributed by atoms with van der Waals surface area (Å²) < 4.78 is 28.0. The molecular weight excluding hydrogens is 386 g/mol. The first kappa shape index (κ1) is 19.8. The van der Waals surface area contributed by atoms with Gasteiger partial charge in [0.05, 0.1) is 19.9 Å². The van der Waals surface area contributed by atoms with Crippen molar-refractivity contribution in [2.75, 3.05) is 20.8 Å². The average molecular weight is 409 g/mol. The third kappa shape index (κ3) is 4.41. The molecule has 1 N–H and O–H groups in total. The zero-order valence-electron chi connectivity index (χ0n) is 16.8. The summed E-state index contributed by atoms with van der Waals surface area (Å²) in [7, 11) is 3.20. The molecule has 30 heavy (non-hydrogen) atoms. The quantitative estimate of drug-likeness (QED) is 0.639. The molecule has 0 radical (unpaired) electrons. The SMILES string of the molecule is COc1cccc(O[C@@H]2COc3ccc(OCc4cc(OC)ccn4)cc3[C@@H]2O)c1. The molecule has 0 aliphatic carbocycles. The van der Waals surface area contributed by atoms with Crippen LogP contribution in [0.3, 0.4) is 0 Å². The van der Waals surface area contributed by atoms with Crippen LogP contribution in [0.5, 0.6) is 28.7 Å². The molecule has 0 fully saturated rings. The van der Waals surface area contributed by atoms with E-state index in [1.807, 2.05) is 24.3 Å². The van der Waals surface area contributed by atoms with Crippen LogP contribution in [0, 0.1) is 0 Å². The molecule has 4 rings (SSSR count). The van der Waals surface area contributed by atoms with Crippen LogP contribution in [-0.4, -0.2) is 37.0 Å². The summed E-state index contributed by atoms with van der Waals surface area (Å²) in [5.74, 6) is 3.21. The minimum Gasteiger partial charge on any atom is -0.497 e. The van der Waals surface area contributed by atoms with Crippen LogP contribution in [-0.2, 0) is 6.61 Å². The fraction of sp³-hybridized carbons (Fsp3) is 0.261. The molecule has 3 aromatic rings. The molecule has 1 aliphatic rings. The van der Waals surface area contributed by atoms with E-state index in [1.54, 1.807) is 50.7 Å². The Bertz CT molecular complexity index is 1010. The number of benzene rings is 2. The van der Waals surface area contributed by atoms with E-state index in [0.29, 0.717) is 28.6 Å². The first-order valence-electron chi connectivity index (χ1n) is 9.53. The van der Waals surface area contributed by atoms with Gasteiger partial charge < -0.3 is 28.8 Å². The Morgan fingerprint density at radius 3 is 2.60 bits per heavy atom. The predicted molar refractivity (Wildman–Crippen MR) is 109 cm³/mol. The van der Waals surface area contributed by atoms with E-state index in [1.165, 1.54) is 0 Å². The van der Waals surface area contributed by atoms with Gasteiger partial charge in [0.15, 0.2) is 6.10 Å². The van der Waals surface area contributed by atoms with E-state index < -0.39 is 12.2 Å². The maximum absolute atomic E-state index is 10.9. The van der Waals surface area contributed by atoms with E-state index >= 15 is 0 Å². The fourth-order valence-electron chi connectivity index (χ4n) is 3.21. The molecule has 156 valence electrons. The van der Waals surface area contributed by atoms with Crippen molar-refractivity contribution in [3.05, 3.63) is 72.1 Å². The lowest BCUT2D eigenvalue weighted by Crippen LogP contribution is -2.35. The molecule has 0 saturated carbocycles. The predicted octanol–water partition coefficient (Wildman–Crippen LogP) is 3.55. The van der Waals surface area contributed by atoms with Crippen molar-refractivity contribution < 1.29 is 28.8 Å². The highest BCUT2D eigenvalue weighted by atomic mass is 16.5. The summed E-state index contributed by atoms with van der Waals surface area (Å²) in [5, 5.41) is 10.9. The Morgan fingerprint density at radius 2 is 1.77 bits per heavy atom. The maximum Gasteiger partial charge on any atom is 0.163 e. The average Bonchev–Trinajstić information content (AvgIpc) is 2.80. The highest BCUT2D eigenvalue weighted by Gasteiger charge is 2.31. The lowest BCUT2D eigenvalue weighted by Gasteiger charge is -2.31. The fourth-order valence-corrected chi connectivity index (χ4v) is 3.21. The summed E-state index contributed by atoms with van der Waals surface area (Å²) in [4.78, 5) is 4.27. The van der Waals surface area contributed by atoms with Crippen molar-refractivity contribution in [1.29, 1.82) is 0 Å². The highest BCUT2D eigenvalue weighted by Crippen LogP contribution is 2.37. The molecule has 1 aliphatic heterocycles. The van der Waals surface area contributed by atoms with Crippen molar-refractivity contribution >= 4 is 0 Å². The maximum atomic E-state index is 10.9. The summed E-state index contributed by atoms with van der Waals surface area (Å²) >= 11 is 0. The zero-order valence-corrected chi connectivity index (χ0v) is 16.8. The molecule has 0 saturated heterocycles. The second kappa shape index (κ2) is 8.92. The van der Waals surface area contributed by atoms with Crippen LogP contribution in [0.2, 0.25) is 0 Å². The smallest absolute Gasteiger partial charge is 0.163 e. The standard InChI is InChI=1S/C23H23NO6/c1-26-16-4-3-5-19(11-16)30-22-14-29-21-7-6-18(12-20(21)23(22)25)28-13-15-10-17(27-2)8-9-24-15/h3-12,22-23,25H,13-14H2,1-2H3/t22-,23+/m1/s1. The van der Waals surface area contributed by atoms with Gasteiger partial charge in [-0.25, -0.2) is 0 Å². The van der Waals surface area contributed by atoms with Crippen molar-refractivity contribution in [1.82, 2.24) is 4.98 Å². The van der Waals surface area contributed by atoms with Crippen LogP contribution in [0.25, 0.3) is 0 Å². The molecule has 1 aromatic heterocycles. The molecule has 0 bridgehead atoms. The number of hydrogen-bond donors (Lipinski definition) is 1. The van der Waals surface area contributed by atoms with Gasteiger partial charge >= 0.3 is 0 Å². The lowest BCUT2D eigenvalue weighted by molar-refractivity contribution is -0.0105. The first-order chi connectivity index (χ1) is 14.7. The Balaban J connectivity index is 1.46. The number of ether oxygens (including phenoxy) is 5. The monoisotopic (exact) mass is 409 g/mol. The third-order valence-electron chi connectivity index (χ3n) is 4.79. The molecule has 7 nitrogen and oxygen atoms in total. The summed E-state index contributed by atoms with van der Waals surface area (Å²) in [6.07, 6.45) is 0.251. The minimum absolute atomic E-state index is 0.235. The first-order valence-corrected chi connectivity index (χ1v) is 9.53. The van der Waals surface area contributed by atoms with Gasteiger partial charge in [-0.15, -0.1) is 0 Å². The number of rotatable bonds is 7. The molecule has 0 unspecified atom stereocenters. The molecule has 0 spiro atoms. The highest BCUT2D eigenvalue weighted by molar-refractivity contribution is 5.44. The van der Waals surface area contributed by atoms with E-state index in [0.717, 1.165) is 11.4 Å². The molecule has 2 heterocycles. The topological polar surface area (TPSA) is 79.3 Å². The Hall–Kier alpha value is -3.45. The van der Waals surface area contributed by atoms with Crippen LogP contribution in [0.15, 0.2) is 60.8 Å². The Kier molecular flexibility index (Phi) is 5.90. The van der Waals surface area contributed by atoms with E-state index in [9.17, 15) is 5.11 Å². The number of methoxy groups -OCH3 is 2. The van der Waals surface area contributed by atoms with Gasteiger partial charge in [-0.2, -0.15) is 0 Å². The van der Waals surface area contributed by atoms with Gasteiger partial charge in [-0.1, -0.05) is 6.07 Å².